The third-order valence-corrected chi connectivity index (χ3v) is 3.68. The average molecular weight is 286 g/mol. The third kappa shape index (κ3) is 1.92. The number of Topliss-reactive ketones (excluding diaryl/α,β-unsaturated/α-hetero) is 1. The van der Waals surface area contributed by atoms with Gasteiger partial charge in [0.15, 0.2) is 5.78 Å². The lowest BCUT2D eigenvalue weighted by Crippen LogP contribution is -2.44. The Hall–Kier alpha value is -0.740. The summed E-state index contributed by atoms with van der Waals surface area (Å²) in [5, 5.41) is 3.15. The molecule has 1 aromatic rings. The standard InChI is InChI=1S/C12H13BrFNO/c1-12(6-3-7-15-12)11(16)8-4-2-5-9(13)10(8)14/h2,4-5,15H,3,6-7H2,1H3. The van der Waals surface area contributed by atoms with Gasteiger partial charge in [-0.1, -0.05) is 6.07 Å². The summed E-state index contributed by atoms with van der Waals surface area (Å²) < 4.78 is 14.1. The molecular weight excluding hydrogens is 273 g/mol. The van der Waals surface area contributed by atoms with Gasteiger partial charge in [-0.25, -0.2) is 4.39 Å². The molecule has 16 heavy (non-hydrogen) atoms. The number of hydrogen-bond acceptors (Lipinski definition) is 2. The van der Waals surface area contributed by atoms with E-state index in [1.165, 1.54) is 6.07 Å². The second-order valence-corrected chi connectivity index (χ2v) is 5.15. The number of rotatable bonds is 2. The molecule has 1 heterocycles. The average Bonchev–Trinajstić information content (AvgIpc) is 2.70. The maximum absolute atomic E-state index is 13.8. The van der Waals surface area contributed by atoms with Gasteiger partial charge < -0.3 is 5.32 Å². The summed E-state index contributed by atoms with van der Waals surface area (Å²) in [4.78, 5) is 12.2. The molecule has 0 aromatic heterocycles. The SMILES string of the molecule is CC1(C(=O)c2cccc(Br)c2F)CCCN1. The number of carbonyl (C=O) groups excluding carboxylic acids is 1. The molecular formula is C12H13BrFNO. The Morgan fingerprint density at radius 3 is 2.94 bits per heavy atom. The lowest BCUT2D eigenvalue weighted by Gasteiger charge is -2.22. The van der Waals surface area contributed by atoms with Crippen molar-refractivity contribution >= 4 is 21.7 Å². The zero-order valence-electron chi connectivity index (χ0n) is 9.02. The molecule has 1 unspecified atom stereocenters. The molecule has 0 bridgehead atoms. The van der Waals surface area contributed by atoms with Crippen molar-refractivity contribution in [2.75, 3.05) is 6.54 Å². The van der Waals surface area contributed by atoms with Crippen LogP contribution in [0.25, 0.3) is 0 Å². The van der Waals surface area contributed by atoms with E-state index in [1.807, 2.05) is 6.92 Å². The Balaban J connectivity index is 2.37. The summed E-state index contributed by atoms with van der Waals surface area (Å²) >= 11 is 3.09. The molecule has 2 rings (SSSR count). The smallest absolute Gasteiger partial charge is 0.185 e. The van der Waals surface area contributed by atoms with Gasteiger partial charge in [0.05, 0.1) is 15.6 Å². The summed E-state index contributed by atoms with van der Waals surface area (Å²) in [6.07, 6.45) is 1.72. The molecule has 0 amide bonds. The van der Waals surface area contributed by atoms with Crippen molar-refractivity contribution in [2.24, 2.45) is 0 Å². The van der Waals surface area contributed by atoms with Crippen molar-refractivity contribution in [1.82, 2.24) is 5.32 Å². The fraction of sp³-hybridized carbons (Fsp3) is 0.417. The Labute approximate surface area is 102 Å². The van der Waals surface area contributed by atoms with Gasteiger partial charge in [-0.3, -0.25) is 4.79 Å². The predicted octanol–water partition coefficient (Wildman–Crippen LogP) is 2.91. The molecule has 1 aromatic carbocycles. The van der Waals surface area contributed by atoms with Crippen molar-refractivity contribution in [1.29, 1.82) is 0 Å². The molecule has 1 N–H and O–H groups in total. The second kappa shape index (κ2) is 4.26. The number of hydrogen-bond donors (Lipinski definition) is 1. The first-order valence-corrected chi connectivity index (χ1v) is 6.08. The monoisotopic (exact) mass is 285 g/mol. The zero-order valence-corrected chi connectivity index (χ0v) is 10.6. The first-order chi connectivity index (χ1) is 7.54. The highest BCUT2D eigenvalue weighted by molar-refractivity contribution is 9.10. The van der Waals surface area contributed by atoms with Crippen molar-refractivity contribution in [3.63, 3.8) is 0 Å². The first kappa shape index (κ1) is 11.7. The molecule has 0 aliphatic carbocycles. The lowest BCUT2D eigenvalue weighted by molar-refractivity contribution is 0.0880. The molecule has 1 aliphatic rings. The molecule has 1 atom stereocenters. The van der Waals surface area contributed by atoms with Gasteiger partial charge in [0.1, 0.15) is 5.82 Å². The molecule has 4 heteroatoms. The molecule has 86 valence electrons. The molecule has 0 spiro atoms. The van der Waals surface area contributed by atoms with Gasteiger partial charge in [-0.2, -0.15) is 0 Å². The number of benzene rings is 1. The highest BCUT2D eigenvalue weighted by atomic mass is 79.9. The van der Waals surface area contributed by atoms with E-state index in [-0.39, 0.29) is 11.3 Å². The van der Waals surface area contributed by atoms with Crippen LogP contribution in [-0.2, 0) is 0 Å². The van der Waals surface area contributed by atoms with Crippen molar-refractivity contribution in [2.45, 2.75) is 25.3 Å². The van der Waals surface area contributed by atoms with Crippen LogP contribution in [0.5, 0.6) is 0 Å². The Morgan fingerprint density at radius 2 is 2.31 bits per heavy atom. The quantitative estimate of drug-likeness (QED) is 0.847. The maximum atomic E-state index is 13.8. The minimum absolute atomic E-state index is 0.159. The van der Waals surface area contributed by atoms with Crippen molar-refractivity contribution < 1.29 is 9.18 Å². The van der Waals surface area contributed by atoms with Crippen molar-refractivity contribution in [3.05, 3.63) is 34.1 Å². The van der Waals surface area contributed by atoms with E-state index in [0.717, 1.165) is 19.4 Å². The van der Waals surface area contributed by atoms with Crippen LogP contribution in [0.1, 0.15) is 30.1 Å². The minimum Gasteiger partial charge on any atom is -0.305 e. The van der Waals surface area contributed by atoms with Gasteiger partial charge in [0.25, 0.3) is 0 Å². The van der Waals surface area contributed by atoms with Crippen LogP contribution in [0, 0.1) is 5.82 Å². The number of ketones is 1. The van der Waals surface area contributed by atoms with Crippen LogP contribution in [0.15, 0.2) is 22.7 Å². The molecule has 1 fully saturated rings. The van der Waals surface area contributed by atoms with Crippen LogP contribution < -0.4 is 5.32 Å². The fourth-order valence-corrected chi connectivity index (χ4v) is 2.43. The highest BCUT2D eigenvalue weighted by Gasteiger charge is 2.37. The normalized spacial score (nSPS) is 24.7. The van der Waals surface area contributed by atoms with E-state index in [1.54, 1.807) is 12.1 Å². The Morgan fingerprint density at radius 1 is 1.56 bits per heavy atom. The zero-order chi connectivity index (χ0) is 11.8. The summed E-state index contributed by atoms with van der Waals surface area (Å²) in [7, 11) is 0. The molecule has 1 saturated heterocycles. The van der Waals surface area contributed by atoms with Gasteiger partial charge >= 0.3 is 0 Å². The summed E-state index contributed by atoms with van der Waals surface area (Å²) in [6.45, 7) is 2.65. The fourth-order valence-electron chi connectivity index (χ4n) is 2.06. The van der Waals surface area contributed by atoms with Gasteiger partial charge in [-0.15, -0.1) is 0 Å². The number of carbonyl (C=O) groups is 1. The van der Waals surface area contributed by atoms with E-state index in [4.69, 9.17) is 0 Å². The van der Waals surface area contributed by atoms with Gasteiger partial charge in [0, 0.05) is 0 Å². The largest absolute Gasteiger partial charge is 0.305 e. The van der Waals surface area contributed by atoms with Gasteiger partial charge in [0.2, 0.25) is 0 Å². The first-order valence-electron chi connectivity index (χ1n) is 5.28. The van der Waals surface area contributed by atoms with Crippen molar-refractivity contribution in [3.8, 4) is 0 Å². The molecule has 0 saturated carbocycles. The predicted molar refractivity (Wildman–Crippen MR) is 64.1 cm³/mol. The third-order valence-electron chi connectivity index (χ3n) is 3.07. The van der Waals surface area contributed by atoms with E-state index < -0.39 is 11.4 Å². The molecule has 0 radical (unpaired) electrons. The summed E-state index contributed by atoms with van der Waals surface area (Å²) in [5.74, 6) is -0.633. The van der Waals surface area contributed by atoms with Gasteiger partial charge in [-0.05, 0) is 54.4 Å². The number of halogens is 2. The molecule has 1 aliphatic heterocycles. The topological polar surface area (TPSA) is 29.1 Å². The highest BCUT2D eigenvalue weighted by Crippen LogP contribution is 2.27. The summed E-state index contributed by atoms with van der Waals surface area (Å²) in [5.41, 5.74) is -0.451. The minimum atomic E-state index is -0.609. The number of nitrogens with one attached hydrogen (secondary N) is 1. The van der Waals surface area contributed by atoms with E-state index in [2.05, 4.69) is 21.2 Å². The lowest BCUT2D eigenvalue weighted by atomic mass is 9.89. The van der Waals surface area contributed by atoms with Crippen LogP contribution in [0.2, 0.25) is 0 Å². The second-order valence-electron chi connectivity index (χ2n) is 4.29. The Bertz CT molecular complexity index is 427. The van der Waals surface area contributed by atoms with E-state index in [0.29, 0.717) is 4.47 Å². The Kier molecular flexibility index (Phi) is 3.13. The van der Waals surface area contributed by atoms with Crippen LogP contribution >= 0.6 is 15.9 Å². The van der Waals surface area contributed by atoms with E-state index in [9.17, 15) is 9.18 Å². The van der Waals surface area contributed by atoms with Crippen LogP contribution in [-0.4, -0.2) is 17.9 Å². The van der Waals surface area contributed by atoms with Crippen LogP contribution in [0.3, 0.4) is 0 Å². The van der Waals surface area contributed by atoms with E-state index >= 15 is 0 Å². The van der Waals surface area contributed by atoms with Crippen LogP contribution in [0.4, 0.5) is 4.39 Å². The molecule has 2 nitrogen and oxygen atoms in total. The maximum Gasteiger partial charge on any atom is 0.185 e. The summed E-state index contributed by atoms with van der Waals surface area (Å²) in [6, 6.07) is 4.81.